The normalized spacial score (nSPS) is 18.4. The molecule has 1 aliphatic rings. The zero-order valence-corrected chi connectivity index (χ0v) is 14.9. The van der Waals surface area contributed by atoms with E-state index in [1.165, 1.54) is 31.4 Å². The zero-order chi connectivity index (χ0) is 19.5. The van der Waals surface area contributed by atoms with Crippen molar-refractivity contribution in [3.05, 3.63) is 29.8 Å². The quantitative estimate of drug-likeness (QED) is 0.760. The minimum Gasteiger partial charge on any atom is -0.469 e. The molecule has 1 aromatic rings. The highest BCUT2D eigenvalue weighted by Crippen LogP contribution is 2.31. The van der Waals surface area contributed by atoms with Crippen molar-refractivity contribution in [2.24, 2.45) is 5.92 Å². The van der Waals surface area contributed by atoms with E-state index in [0.717, 1.165) is 0 Å². The molecule has 1 fully saturated rings. The Balaban J connectivity index is 2.13. The summed E-state index contributed by atoms with van der Waals surface area (Å²) in [5, 5.41) is 0. The monoisotopic (exact) mass is 373 g/mol. The number of likely N-dealkylation sites (tertiary alicyclic amines) is 1. The van der Waals surface area contributed by atoms with E-state index in [9.17, 15) is 22.8 Å². The Kier molecular flexibility index (Phi) is 5.83. The Hall–Kier alpha value is -2.25. The fraction of sp³-hybridized carbons (Fsp3) is 0.556. The molecule has 0 N–H and O–H groups in total. The molecule has 0 radical (unpaired) electrons. The highest BCUT2D eigenvalue weighted by atomic mass is 19.4. The molecule has 8 heteroatoms. The second kappa shape index (κ2) is 7.55. The van der Waals surface area contributed by atoms with Crippen molar-refractivity contribution < 1.29 is 32.2 Å². The molecule has 1 atom stereocenters. The molecule has 1 amide bonds. The van der Waals surface area contributed by atoms with E-state index in [-0.39, 0.29) is 30.1 Å². The van der Waals surface area contributed by atoms with Gasteiger partial charge in [0.15, 0.2) is 0 Å². The molecule has 0 saturated carbocycles. The lowest BCUT2D eigenvalue weighted by atomic mass is 9.82. The van der Waals surface area contributed by atoms with Crippen molar-refractivity contribution in [3.63, 3.8) is 0 Å². The second-order valence-corrected chi connectivity index (χ2v) is 6.81. The van der Waals surface area contributed by atoms with Crippen molar-refractivity contribution >= 4 is 11.9 Å². The SMILES string of the molecule is COC(=O)C1CCCN(C(=O)C(C)(C)c2ccc(OC(F)(F)F)cc2)C1. The predicted octanol–water partition coefficient (Wildman–Crippen LogP) is 3.27. The zero-order valence-electron chi connectivity index (χ0n) is 14.9. The van der Waals surface area contributed by atoms with E-state index in [0.29, 0.717) is 24.9 Å². The van der Waals surface area contributed by atoms with Gasteiger partial charge in [0.05, 0.1) is 18.4 Å². The maximum Gasteiger partial charge on any atom is 0.573 e. The van der Waals surface area contributed by atoms with Gasteiger partial charge in [0.25, 0.3) is 0 Å². The molecule has 0 aliphatic carbocycles. The maximum atomic E-state index is 13.0. The van der Waals surface area contributed by atoms with Gasteiger partial charge in [-0.15, -0.1) is 13.2 Å². The Morgan fingerprint density at radius 1 is 1.15 bits per heavy atom. The van der Waals surface area contributed by atoms with Gasteiger partial charge in [-0.2, -0.15) is 0 Å². The Morgan fingerprint density at radius 2 is 1.77 bits per heavy atom. The molecule has 144 valence electrons. The second-order valence-electron chi connectivity index (χ2n) is 6.81. The van der Waals surface area contributed by atoms with Crippen molar-refractivity contribution in [2.75, 3.05) is 20.2 Å². The first-order valence-corrected chi connectivity index (χ1v) is 8.28. The number of halogens is 3. The number of carbonyl (C=O) groups excluding carboxylic acids is 2. The van der Waals surface area contributed by atoms with E-state index in [4.69, 9.17) is 4.74 Å². The largest absolute Gasteiger partial charge is 0.573 e. The third-order valence-electron chi connectivity index (χ3n) is 4.59. The first kappa shape index (κ1) is 20.1. The molecule has 1 aromatic carbocycles. The highest BCUT2D eigenvalue weighted by molar-refractivity contribution is 5.88. The minimum atomic E-state index is -4.76. The summed E-state index contributed by atoms with van der Waals surface area (Å²) >= 11 is 0. The summed E-state index contributed by atoms with van der Waals surface area (Å²) in [7, 11) is 1.32. The van der Waals surface area contributed by atoms with Gasteiger partial charge in [0, 0.05) is 13.1 Å². The first-order valence-electron chi connectivity index (χ1n) is 8.28. The van der Waals surface area contributed by atoms with Gasteiger partial charge in [0.1, 0.15) is 5.75 Å². The molecular formula is C18H22F3NO4. The molecule has 1 aliphatic heterocycles. The summed E-state index contributed by atoms with van der Waals surface area (Å²) in [6, 6.07) is 5.26. The minimum absolute atomic E-state index is 0.185. The van der Waals surface area contributed by atoms with Crippen molar-refractivity contribution in [3.8, 4) is 5.75 Å². The lowest BCUT2D eigenvalue weighted by molar-refractivity contribution is -0.274. The van der Waals surface area contributed by atoms with E-state index in [2.05, 4.69) is 4.74 Å². The summed E-state index contributed by atoms with van der Waals surface area (Å²) < 4.78 is 45.4. The van der Waals surface area contributed by atoms with E-state index >= 15 is 0 Å². The summed E-state index contributed by atoms with van der Waals surface area (Å²) in [5.41, 5.74) is -0.383. The smallest absolute Gasteiger partial charge is 0.469 e. The predicted molar refractivity (Wildman–Crippen MR) is 87.5 cm³/mol. The van der Waals surface area contributed by atoms with Crippen LogP contribution in [0.3, 0.4) is 0 Å². The molecule has 1 unspecified atom stereocenters. The third-order valence-corrected chi connectivity index (χ3v) is 4.59. The van der Waals surface area contributed by atoms with Crippen LogP contribution < -0.4 is 4.74 Å². The van der Waals surface area contributed by atoms with Crippen LogP contribution in [0.25, 0.3) is 0 Å². The Bertz CT molecular complexity index is 655. The van der Waals surface area contributed by atoms with Crippen molar-refractivity contribution in [2.45, 2.75) is 38.5 Å². The Labute approximate surface area is 150 Å². The van der Waals surface area contributed by atoms with Crippen LogP contribution in [0, 0.1) is 5.92 Å². The molecule has 0 aromatic heterocycles. The summed E-state index contributed by atoms with van der Waals surface area (Å²) in [4.78, 5) is 26.3. The van der Waals surface area contributed by atoms with E-state index in [1.807, 2.05) is 0 Å². The molecule has 0 spiro atoms. The summed E-state index contributed by atoms with van der Waals surface area (Å²) in [6.07, 6.45) is -3.40. The molecule has 1 saturated heterocycles. The average molecular weight is 373 g/mol. The van der Waals surface area contributed by atoms with Crippen LogP contribution in [0.1, 0.15) is 32.3 Å². The lowest BCUT2D eigenvalue weighted by Gasteiger charge is -2.37. The van der Waals surface area contributed by atoms with Crippen LogP contribution in [0.4, 0.5) is 13.2 Å². The number of rotatable bonds is 4. The highest BCUT2D eigenvalue weighted by Gasteiger charge is 2.38. The lowest BCUT2D eigenvalue weighted by Crippen LogP contribution is -2.49. The van der Waals surface area contributed by atoms with Gasteiger partial charge < -0.3 is 14.4 Å². The van der Waals surface area contributed by atoms with E-state index < -0.39 is 11.8 Å². The summed E-state index contributed by atoms with van der Waals surface area (Å²) in [5.74, 6) is -1.21. The number of piperidine rings is 1. The number of alkyl halides is 3. The number of methoxy groups -OCH3 is 1. The summed E-state index contributed by atoms with van der Waals surface area (Å²) in [6.45, 7) is 4.22. The van der Waals surface area contributed by atoms with Gasteiger partial charge in [-0.25, -0.2) is 0 Å². The van der Waals surface area contributed by atoms with Gasteiger partial charge in [-0.05, 0) is 44.4 Å². The van der Waals surface area contributed by atoms with Crippen molar-refractivity contribution in [1.82, 2.24) is 4.90 Å². The number of hydrogen-bond donors (Lipinski definition) is 0. The number of benzene rings is 1. The molecule has 5 nitrogen and oxygen atoms in total. The molecule has 0 bridgehead atoms. The first-order chi connectivity index (χ1) is 12.0. The average Bonchev–Trinajstić information content (AvgIpc) is 2.59. The van der Waals surface area contributed by atoms with Gasteiger partial charge in [0.2, 0.25) is 5.91 Å². The van der Waals surface area contributed by atoms with Crippen LogP contribution in [0.5, 0.6) is 5.75 Å². The maximum absolute atomic E-state index is 13.0. The number of nitrogens with zero attached hydrogens (tertiary/aromatic N) is 1. The fourth-order valence-corrected chi connectivity index (χ4v) is 3.11. The number of hydrogen-bond acceptors (Lipinski definition) is 4. The number of ether oxygens (including phenoxy) is 2. The third kappa shape index (κ3) is 4.68. The number of carbonyl (C=O) groups is 2. The molecular weight excluding hydrogens is 351 g/mol. The van der Waals surface area contributed by atoms with Crippen LogP contribution in [-0.4, -0.2) is 43.3 Å². The van der Waals surface area contributed by atoms with Crippen molar-refractivity contribution in [1.29, 1.82) is 0 Å². The van der Waals surface area contributed by atoms with Gasteiger partial charge in [-0.3, -0.25) is 9.59 Å². The molecule has 2 rings (SSSR count). The molecule has 1 heterocycles. The Morgan fingerprint density at radius 3 is 2.31 bits per heavy atom. The standard InChI is InChI=1S/C18H22F3NO4/c1-17(2,13-6-8-14(9-7-13)26-18(19,20)21)16(24)22-10-4-5-12(11-22)15(23)25-3/h6-9,12H,4-5,10-11H2,1-3H3. The van der Waals surface area contributed by atoms with Crippen LogP contribution >= 0.6 is 0 Å². The topological polar surface area (TPSA) is 55.8 Å². The number of amides is 1. The van der Waals surface area contributed by atoms with E-state index in [1.54, 1.807) is 18.7 Å². The van der Waals surface area contributed by atoms with Gasteiger partial charge >= 0.3 is 12.3 Å². The fourth-order valence-electron chi connectivity index (χ4n) is 3.11. The van der Waals surface area contributed by atoms with Crippen LogP contribution in [-0.2, 0) is 19.7 Å². The molecule has 26 heavy (non-hydrogen) atoms. The van der Waals surface area contributed by atoms with Gasteiger partial charge in [-0.1, -0.05) is 12.1 Å². The number of esters is 1. The van der Waals surface area contributed by atoms with Crippen LogP contribution in [0.2, 0.25) is 0 Å². The van der Waals surface area contributed by atoms with Crippen LogP contribution in [0.15, 0.2) is 24.3 Å².